The maximum Gasteiger partial charge on any atom is 0.139 e. The number of nitrogens with one attached hydrogen (secondary N) is 1. The molecule has 0 aliphatic carbocycles. The molecular formula is C12H11BrFNO. The van der Waals surface area contributed by atoms with E-state index in [-0.39, 0.29) is 5.82 Å². The zero-order valence-electron chi connectivity index (χ0n) is 8.76. The minimum atomic E-state index is -0.271. The molecule has 2 rings (SSSR count). The first-order chi connectivity index (χ1) is 7.66. The highest BCUT2D eigenvalue weighted by Crippen LogP contribution is 2.24. The molecule has 1 N–H and O–H groups in total. The van der Waals surface area contributed by atoms with Crippen LogP contribution in [0.25, 0.3) is 0 Å². The molecule has 1 heterocycles. The molecule has 0 atom stereocenters. The summed E-state index contributed by atoms with van der Waals surface area (Å²) >= 11 is 3.15. The summed E-state index contributed by atoms with van der Waals surface area (Å²) in [6, 6.07) is 6.92. The average Bonchev–Trinajstić information content (AvgIpc) is 2.74. The topological polar surface area (TPSA) is 25.2 Å². The molecule has 0 amide bonds. The van der Waals surface area contributed by atoms with Gasteiger partial charge in [-0.15, -0.1) is 0 Å². The summed E-state index contributed by atoms with van der Waals surface area (Å²) in [5.41, 5.74) is 1.76. The van der Waals surface area contributed by atoms with E-state index in [1.807, 2.05) is 19.1 Å². The predicted octanol–water partition coefficient (Wildman–Crippen LogP) is 4.10. The fourth-order valence-electron chi connectivity index (χ4n) is 1.43. The second kappa shape index (κ2) is 4.70. The van der Waals surface area contributed by atoms with Crippen molar-refractivity contribution in [3.63, 3.8) is 0 Å². The molecule has 0 aliphatic rings. The monoisotopic (exact) mass is 283 g/mol. The van der Waals surface area contributed by atoms with Crippen molar-refractivity contribution in [2.45, 2.75) is 13.5 Å². The molecule has 0 spiro atoms. The summed E-state index contributed by atoms with van der Waals surface area (Å²) in [5, 5.41) is 3.13. The molecule has 1 aromatic heterocycles. The first-order valence-corrected chi connectivity index (χ1v) is 5.68. The lowest BCUT2D eigenvalue weighted by molar-refractivity contribution is 0.518. The van der Waals surface area contributed by atoms with Gasteiger partial charge >= 0.3 is 0 Å². The Morgan fingerprint density at radius 1 is 1.44 bits per heavy atom. The van der Waals surface area contributed by atoms with Gasteiger partial charge in [-0.3, -0.25) is 0 Å². The van der Waals surface area contributed by atoms with Gasteiger partial charge in [0.25, 0.3) is 0 Å². The van der Waals surface area contributed by atoms with E-state index in [9.17, 15) is 4.39 Å². The summed E-state index contributed by atoms with van der Waals surface area (Å²) in [6.45, 7) is 2.48. The van der Waals surface area contributed by atoms with Gasteiger partial charge in [-0.25, -0.2) is 4.39 Å². The van der Waals surface area contributed by atoms with Crippen LogP contribution in [0.4, 0.5) is 10.1 Å². The quantitative estimate of drug-likeness (QED) is 0.917. The van der Waals surface area contributed by atoms with Crippen molar-refractivity contribution in [1.82, 2.24) is 0 Å². The van der Waals surface area contributed by atoms with Crippen LogP contribution in [0.2, 0.25) is 0 Å². The molecule has 0 unspecified atom stereocenters. The Hall–Kier alpha value is -1.29. The Morgan fingerprint density at radius 3 is 2.94 bits per heavy atom. The van der Waals surface area contributed by atoms with E-state index in [1.165, 1.54) is 6.07 Å². The fraction of sp³-hybridized carbons (Fsp3) is 0.167. The molecule has 4 heteroatoms. The lowest BCUT2D eigenvalue weighted by Crippen LogP contribution is -2.00. The van der Waals surface area contributed by atoms with Gasteiger partial charge in [0.2, 0.25) is 0 Å². The molecule has 2 nitrogen and oxygen atoms in total. The highest BCUT2D eigenvalue weighted by molar-refractivity contribution is 9.10. The molecule has 0 aliphatic heterocycles. The number of rotatable bonds is 3. The Bertz CT molecular complexity index is 482. The zero-order chi connectivity index (χ0) is 11.5. The normalized spacial score (nSPS) is 10.4. The number of hydrogen-bond donors (Lipinski definition) is 1. The van der Waals surface area contributed by atoms with Gasteiger partial charge in [0.15, 0.2) is 0 Å². The third-order valence-electron chi connectivity index (χ3n) is 2.30. The smallest absolute Gasteiger partial charge is 0.139 e. The number of anilines is 1. The fourth-order valence-corrected chi connectivity index (χ4v) is 1.89. The number of halogens is 2. The zero-order valence-corrected chi connectivity index (χ0v) is 10.3. The highest BCUT2D eigenvalue weighted by atomic mass is 79.9. The summed E-state index contributed by atoms with van der Waals surface area (Å²) in [6.07, 6.45) is 1.62. The second-order valence-electron chi connectivity index (χ2n) is 3.51. The van der Waals surface area contributed by atoms with Crippen LogP contribution in [0, 0.1) is 12.7 Å². The van der Waals surface area contributed by atoms with E-state index >= 15 is 0 Å². The standard InChI is InChI=1S/C12H11BrFNO/c1-8-5-10(13)11(14)6-12(8)15-7-9-3-2-4-16-9/h2-6,15H,7H2,1H3. The van der Waals surface area contributed by atoms with Crippen LogP contribution in [0.5, 0.6) is 0 Å². The molecule has 0 radical (unpaired) electrons. The minimum absolute atomic E-state index is 0.271. The summed E-state index contributed by atoms with van der Waals surface area (Å²) in [4.78, 5) is 0. The predicted molar refractivity (Wildman–Crippen MR) is 64.9 cm³/mol. The van der Waals surface area contributed by atoms with Gasteiger partial charge in [0, 0.05) is 5.69 Å². The SMILES string of the molecule is Cc1cc(Br)c(F)cc1NCc1ccco1. The molecule has 0 fully saturated rings. The van der Waals surface area contributed by atoms with Gasteiger partial charge in [-0.2, -0.15) is 0 Å². The van der Waals surface area contributed by atoms with E-state index in [0.717, 1.165) is 17.0 Å². The van der Waals surface area contributed by atoms with Crippen LogP contribution < -0.4 is 5.32 Å². The largest absolute Gasteiger partial charge is 0.467 e. The van der Waals surface area contributed by atoms with E-state index < -0.39 is 0 Å². The highest BCUT2D eigenvalue weighted by Gasteiger charge is 2.05. The molecule has 84 valence electrons. The van der Waals surface area contributed by atoms with E-state index in [4.69, 9.17) is 4.42 Å². The maximum atomic E-state index is 13.3. The molecule has 0 saturated carbocycles. The van der Waals surface area contributed by atoms with Crippen molar-refractivity contribution in [3.05, 3.63) is 52.1 Å². The van der Waals surface area contributed by atoms with Crippen molar-refractivity contribution in [3.8, 4) is 0 Å². The number of aryl methyl sites for hydroxylation is 1. The first kappa shape index (κ1) is 11.2. The van der Waals surface area contributed by atoms with Crippen LogP contribution in [0.3, 0.4) is 0 Å². The number of benzene rings is 1. The van der Waals surface area contributed by atoms with Crippen molar-refractivity contribution in [2.75, 3.05) is 5.32 Å². The minimum Gasteiger partial charge on any atom is -0.467 e. The van der Waals surface area contributed by atoms with Crippen molar-refractivity contribution in [2.24, 2.45) is 0 Å². The Kier molecular flexibility index (Phi) is 3.29. The van der Waals surface area contributed by atoms with Crippen molar-refractivity contribution < 1.29 is 8.81 Å². The Labute approximate surface area is 102 Å². The summed E-state index contributed by atoms with van der Waals surface area (Å²) in [7, 11) is 0. The average molecular weight is 284 g/mol. The van der Waals surface area contributed by atoms with Crippen molar-refractivity contribution in [1.29, 1.82) is 0 Å². The number of furan rings is 1. The maximum absolute atomic E-state index is 13.3. The second-order valence-corrected chi connectivity index (χ2v) is 4.37. The van der Waals surface area contributed by atoms with Crippen LogP contribution in [0.1, 0.15) is 11.3 Å². The summed E-state index contributed by atoms with van der Waals surface area (Å²) in [5.74, 6) is 0.551. The van der Waals surface area contributed by atoms with Crippen LogP contribution >= 0.6 is 15.9 Å². The van der Waals surface area contributed by atoms with Crippen LogP contribution in [-0.4, -0.2) is 0 Å². The summed E-state index contributed by atoms with van der Waals surface area (Å²) < 4.78 is 19.0. The molecule has 2 aromatic rings. The van der Waals surface area contributed by atoms with Crippen LogP contribution in [-0.2, 0) is 6.54 Å². The Balaban J connectivity index is 2.12. The third kappa shape index (κ3) is 2.44. The van der Waals surface area contributed by atoms with Gasteiger partial charge < -0.3 is 9.73 Å². The Morgan fingerprint density at radius 2 is 2.25 bits per heavy atom. The molecule has 16 heavy (non-hydrogen) atoms. The van der Waals surface area contributed by atoms with Gasteiger partial charge in [-0.05, 0) is 52.7 Å². The number of hydrogen-bond acceptors (Lipinski definition) is 2. The lowest BCUT2D eigenvalue weighted by Gasteiger charge is -2.09. The molecule has 1 aromatic carbocycles. The van der Waals surface area contributed by atoms with Gasteiger partial charge in [0.1, 0.15) is 11.6 Å². The molecule has 0 bridgehead atoms. The van der Waals surface area contributed by atoms with Gasteiger partial charge in [-0.1, -0.05) is 0 Å². The van der Waals surface area contributed by atoms with E-state index in [1.54, 1.807) is 12.3 Å². The first-order valence-electron chi connectivity index (χ1n) is 4.88. The van der Waals surface area contributed by atoms with Crippen LogP contribution in [0.15, 0.2) is 39.4 Å². The third-order valence-corrected chi connectivity index (χ3v) is 2.91. The van der Waals surface area contributed by atoms with Gasteiger partial charge in [0.05, 0.1) is 17.3 Å². The van der Waals surface area contributed by atoms with E-state index in [2.05, 4.69) is 21.2 Å². The molecular weight excluding hydrogens is 273 g/mol. The van der Waals surface area contributed by atoms with Crippen molar-refractivity contribution >= 4 is 21.6 Å². The molecule has 0 saturated heterocycles. The van der Waals surface area contributed by atoms with E-state index in [0.29, 0.717) is 11.0 Å². The lowest BCUT2D eigenvalue weighted by atomic mass is 10.2.